The van der Waals surface area contributed by atoms with Gasteiger partial charge in [-0.1, -0.05) is 18.2 Å². The van der Waals surface area contributed by atoms with Gasteiger partial charge >= 0.3 is 6.18 Å². The Balaban J connectivity index is 1.41. The van der Waals surface area contributed by atoms with E-state index in [9.17, 15) is 22.8 Å². The number of halogens is 3. The van der Waals surface area contributed by atoms with E-state index in [0.717, 1.165) is 35.5 Å². The van der Waals surface area contributed by atoms with Gasteiger partial charge in [0.25, 0.3) is 5.91 Å². The third-order valence-corrected chi connectivity index (χ3v) is 4.28. The molecule has 156 valence electrons. The molecule has 0 aliphatic heterocycles. The molecule has 0 unspecified atom stereocenters. The van der Waals surface area contributed by atoms with Crippen LogP contribution in [0.1, 0.15) is 21.5 Å². The fourth-order valence-corrected chi connectivity index (χ4v) is 2.69. The molecule has 2 aromatic carbocycles. The van der Waals surface area contributed by atoms with Crippen LogP contribution in [0.25, 0.3) is 5.69 Å². The quantitative estimate of drug-likeness (QED) is 0.622. The smallest absolute Gasteiger partial charge is 0.354 e. The summed E-state index contributed by atoms with van der Waals surface area (Å²) in [6, 6.07) is 13.4. The number of aromatic nitrogens is 2. The molecule has 0 saturated carbocycles. The van der Waals surface area contributed by atoms with Gasteiger partial charge in [-0.05, 0) is 48.4 Å². The maximum atomic E-state index is 12.5. The van der Waals surface area contributed by atoms with Gasteiger partial charge in [-0.2, -0.15) is 18.3 Å². The first-order valence-electron chi connectivity index (χ1n) is 9.14. The highest BCUT2D eigenvalue weighted by Crippen LogP contribution is 2.29. The Morgan fingerprint density at radius 3 is 2.33 bits per heavy atom. The molecule has 0 fully saturated rings. The second kappa shape index (κ2) is 9.25. The van der Waals surface area contributed by atoms with E-state index in [1.807, 2.05) is 36.5 Å². The molecule has 1 heterocycles. The molecule has 0 saturated heterocycles. The number of hydrogen-bond donors (Lipinski definition) is 2. The summed E-state index contributed by atoms with van der Waals surface area (Å²) in [6.07, 6.45) is -0.322. The van der Waals surface area contributed by atoms with E-state index in [1.54, 1.807) is 10.9 Å². The van der Waals surface area contributed by atoms with Crippen molar-refractivity contribution in [1.29, 1.82) is 0 Å². The van der Waals surface area contributed by atoms with Gasteiger partial charge in [-0.25, -0.2) is 4.68 Å². The van der Waals surface area contributed by atoms with E-state index in [1.165, 1.54) is 0 Å². The SMILES string of the molecule is O=C(CNC(=O)c1ccc(C(F)(F)F)cc1)NCCc1cnn(-c2ccccc2)c1. The van der Waals surface area contributed by atoms with Crippen LogP contribution >= 0.6 is 0 Å². The van der Waals surface area contributed by atoms with E-state index in [-0.39, 0.29) is 12.1 Å². The summed E-state index contributed by atoms with van der Waals surface area (Å²) in [6.45, 7) is 0.0819. The molecule has 0 spiro atoms. The number of amides is 2. The largest absolute Gasteiger partial charge is 0.416 e. The molecule has 0 aliphatic rings. The van der Waals surface area contributed by atoms with Gasteiger partial charge in [0.2, 0.25) is 5.91 Å². The van der Waals surface area contributed by atoms with E-state index >= 15 is 0 Å². The summed E-state index contributed by atoms with van der Waals surface area (Å²) < 4.78 is 39.4. The number of para-hydroxylation sites is 1. The number of carbonyl (C=O) groups is 2. The van der Waals surface area contributed by atoms with Crippen LogP contribution in [0, 0.1) is 0 Å². The van der Waals surface area contributed by atoms with Crippen LogP contribution < -0.4 is 10.6 Å². The molecule has 1 aromatic heterocycles. The number of hydrogen-bond acceptors (Lipinski definition) is 3. The minimum absolute atomic E-state index is 0.0455. The zero-order valence-electron chi connectivity index (χ0n) is 15.8. The van der Waals surface area contributed by atoms with Crippen LogP contribution in [0.5, 0.6) is 0 Å². The lowest BCUT2D eigenvalue weighted by Gasteiger charge is -2.08. The van der Waals surface area contributed by atoms with Gasteiger partial charge in [0.1, 0.15) is 0 Å². The molecular formula is C21H19F3N4O2. The van der Waals surface area contributed by atoms with Gasteiger partial charge in [0, 0.05) is 18.3 Å². The normalized spacial score (nSPS) is 11.2. The topological polar surface area (TPSA) is 76.0 Å². The Hall–Kier alpha value is -3.62. The molecule has 0 radical (unpaired) electrons. The fourth-order valence-electron chi connectivity index (χ4n) is 2.69. The number of nitrogens with zero attached hydrogens (tertiary/aromatic N) is 2. The zero-order valence-corrected chi connectivity index (χ0v) is 15.8. The maximum Gasteiger partial charge on any atom is 0.416 e. The Bertz CT molecular complexity index is 999. The maximum absolute atomic E-state index is 12.5. The number of benzene rings is 2. The molecule has 0 bridgehead atoms. The highest BCUT2D eigenvalue weighted by atomic mass is 19.4. The first-order valence-corrected chi connectivity index (χ1v) is 9.14. The summed E-state index contributed by atoms with van der Waals surface area (Å²) >= 11 is 0. The summed E-state index contributed by atoms with van der Waals surface area (Å²) in [7, 11) is 0. The van der Waals surface area contributed by atoms with Gasteiger partial charge in [0.05, 0.1) is 24.0 Å². The monoisotopic (exact) mass is 416 g/mol. The summed E-state index contributed by atoms with van der Waals surface area (Å²) in [5.74, 6) is -1.02. The Labute approximate surface area is 170 Å². The third-order valence-electron chi connectivity index (χ3n) is 4.28. The van der Waals surface area contributed by atoms with Crippen molar-refractivity contribution in [3.8, 4) is 5.69 Å². The van der Waals surface area contributed by atoms with Crippen LogP contribution in [-0.2, 0) is 17.4 Å². The third kappa shape index (κ3) is 5.69. The molecule has 0 atom stereocenters. The lowest BCUT2D eigenvalue weighted by atomic mass is 10.1. The Morgan fingerprint density at radius 1 is 0.967 bits per heavy atom. The van der Waals surface area contributed by atoms with E-state index < -0.39 is 23.6 Å². The van der Waals surface area contributed by atoms with Gasteiger partial charge < -0.3 is 10.6 Å². The average Bonchev–Trinajstić information content (AvgIpc) is 3.21. The second-order valence-electron chi connectivity index (χ2n) is 6.49. The van der Waals surface area contributed by atoms with Crippen molar-refractivity contribution in [2.24, 2.45) is 0 Å². The minimum atomic E-state index is -4.47. The summed E-state index contributed by atoms with van der Waals surface area (Å²) in [5.41, 5.74) is 1.07. The van der Waals surface area contributed by atoms with Crippen LogP contribution in [0.15, 0.2) is 67.0 Å². The number of rotatable bonds is 7. The van der Waals surface area contributed by atoms with E-state index in [2.05, 4.69) is 15.7 Å². The van der Waals surface area contributed by atoms with Crippen molar-refractivity contribution in [1.82, 2.24) is 20.4 Å². The fraction of sp³-hybridized carbons (Fsp3) is 0.190. The highest BCUT2D eigenvalue weighted by Gasteiger charge is 2.30. The number of alkyl halides is 3. The summed E-state index contributed by atoms with van der Waals surface area (Å²) in [4.78, 5) is 23.8. The summed E-state index contributed by atoms with van der Waals surface area (Å²) in [5, 5.41) is 9.33. The van der Waals surface area contributed by atoms with Crippen LogP contribution in [0.2, 0.25) is 0 Å². The van der Waals surface area contributed by atoms with Crippen molar-refractivity contribution in [2.45, 2.75) is 12.6 Å². The molecular weight excluding hydrogens is 397 g/mol. The highest BCUT2D eigenvalue weighted by molar-refractivity contribution is 5.96. The molecule has 2 amide bonds. The minimum Gasteiger partial charge on any atom is -0.354 e. The van der Waals surface area contributed by atoms with Crippen molar-refractivity contribution in [3.63, 3.8) is 0 Å². The molecule has 3 aromatic rings. The lowest BCUT2D eigenvalue weighted by Crippen LogP contribution is -2.37. The molecule has 9 heteroatoms. The van der Waals surface area contributed by atoms with Crippen molar-refractivity contribution >= 4 is 11.8 Å². The second-order valence-corrected chi connectivity index (χ2v) is 6.49. The molecule has 3 rings (SSSR count). The van der Waals surface area contributed by atoms with Gasteiger partial charge in [0.15, 0.2) is 0 Å². The first kappa shape index (κ1) is 21.1. The van der Waals surface area contributed by atoms with E-state index in [0.29, 0.717) is 13.0 Å². The molecule has 6 nitrogen and oxygen atoms in total. The van der Waals surface area contributed by atoms with E-state index in [4.69, 9.17) is 0 Å². The Morgan fingerprint density at radius 2 is 1.67 bits per heavy atom. The van der Waals surface area contributed by atoms with Crippen molar-refractivity contribution in [3.05, 3.63) is 83.7 Å². The van der Waals surface area contributed by atoms with Crippen LogP contribution in [-0.4, -0.2) is 34.7 Å². The predicted octanol–water partition coefficient (Wildman–Crippen LogP) is 2.98. The zero-order chi connectivity index (χ0) is 21.6. The number of nitrogens with one attached hydrogen (secondary N) is 2. The van der Waals surface area contributed by atoms with Crippen molar-refractivity contribution < 1.29 is 22.8 Å². The lowest BCUT2D eigenvalue weighted by molar-refractivity contribution is -0.137. The predicted molar refractivity (Wildman–Crippen MR) is 104 cm³/mol. The molecule has 2 N–H and O–H groups in total. The molecule has 30 heavy (non-hydrogen) atoms. The van der Waals surface area contributed by atoms with Crippen LogP contribution in [0.3, 0.4) is 0 Å². The van der Waals surface area contributed by atoms with Crippen molar-refractivity contribution in [2.75, 3.05) is 13.1 Å². The molecule has 0 aliphatic carbocycles. The number of carbonyl (C=O) groups excluding carboxylic acids is 2. The average molecular weight is 416 g/mol. The standard InChI is InChI=1S/C21H19F3N4O2/c22-21(23,24)17-8-6-16(7-9-17)20(30)26-13-19(29)25-11-10-15-12-27-28(14-15)18-4-2-1-3-5-18/h1-9,12,14H,10-11,13H2,(H,25,29)(H,26,30). The Kier molecular flexibility index (Phi) is 6.51. The van der Waals surface area contributed by atoms with Gasteiger partial charge in [-0.3, -0.25) is 9.59 Å². The van der Waals surface area contributed by atoms with Crippen LogP contribution in [0.4, 0.5) is 13.2 Å². The van der Waals surface area contributed by atoms with Gasteiger partial charge in [-0.15, -0.1) is 0 Å². The first-order chi connectivity index (χ1) is 14.3.